The minimum atomic E-state index is -0.681. The first-order chi connectivity index (χ1) is 15.1. The number of hydrogen-bond donors (Lipinski definition) is 2. The van der Waals surface area contributed by atoms with Gasteiger partial charge in [0.2, 0.25) is 0 Å². The fourth-order valence-corrected chi connectivity index (χ4v) is 4.18. The van der Waals surface area contributed by atoms with Crippen LogP contribution in [0, 0.1) is 0 Å². The molecule has 1 aromatic carbocycles. The molecule has 162 valence electrons. The van der Waals surface area contributed by atoms with Gasteiger partial charge in [0.25, 0.3) is 0 Å². The molecule has 1 fully saturated rings. The number of benzene rings is 1. The van der Waals surface area contributed by atoms with Crippen molar-refractivity contribution in [2.75, 3.05) is 44.7 Å². The molecular weight excluding hydrogens is 418 g/mol. The Kier molecular flexibility index (Phi) is 6.39. The van der Waals surface area contributed by atoms with Crippen molar-refractivity contribution in [2.24, 2.45) is 0 Å². The summed E-state index contributed by atoms with van der Waals surface area (Å²) in [6.07, 6.45) is 1.79. The predicted molar refractivity (Wildman–Crippen MR) is 118 cm³/mol. The molecule has 0 radical (unpaired) electrons. The number of esters is 1. The Morgan fingerprint density at radius 3 is 2.58 bits per heavy atom. The van der Waals surface area contributed by atoms with Gasteiger partial charge in [0.15, 0.2) is 0 Å². The number of ether oxygens (including phenoxy) is 1. The largest absolute Gasteiger partial charge is 0.466 e. The summed E-state index contributed by atoms with van der Waals surface area (Å²) in [6.45, 7) is 3.58. The van der Waals surface area contributed by atoms with Crippen molar-refractivity contribution < 1.29 is 14.3 Å². The number of anilines is 1. The van der Waals surface area contributed by atoms with Crippen LogP contribution in [0.15, 0.2) is 59.9 Å². The van der Waals surface area contributed by atoms with Crippen molar-refractivity contribution in [3.8, 4) is 0 Å². The predicted octanol–water partition coefficient (Wildman–Crippen LogP) is 2.34. The molecule has 2 N–H and O–H groups in total. The first kappa shape index (κ1) is 21.1. The van der Waals surface area contributed by atoms with E-state index in [1.165, 1.54) is 7.11 Å². The van der Waals surface area contributed by atoms with Crippen molar-refractivity contribution in [1.29, 1.82) is 0 Å². The number of piperazine rings is 1. The Balaban J connectivity index is 1.56. The minimum absolute atomic E-state index is 0.363. The molecule has 1 saturated heterocycles. The zero-order valence-corrected chi connectivity index (χ0v) is 17.9. The summed E-state index contributed by atoms with van der Waals surface area (Å²) >= 11 is 6.36. The van der Waals surface area contributed by atoms with E-state index in [1.807, 2.05) is 24.3 Å². The van der Waals surface area contributed by atoms with Gasteiger partial charge in [0.05, 0.1) is 18.7 Å². The second kappa shape index (κ2) is 9.36. The smallest absolute Gasteiger partial charge is 0.338 e. The van der Waals surface area contributed by atoms with E-state index in [-0.39, 0.29) is 6.03 Å². The lowest BCUT2D eigenvalue weighted by Gasteiger charge is -2.37. The van der Waals surface area contributed by atoms with E-state index in [1.54, 1.807) is 24.4 Å². The van der Waals surface area contributed by atoms with Crippen LogP contribution in [0.25, 0.3) is 0 Å². The summed E-state index contributed by atoms with van der Waals surface area (Å²) < 4.78 is 5.04. The molecule has 3 heterocycles. The molecule has 2 aliphatic heterocycles. The third-order valence-corrected chi connectivity index (χ3v) is 5.85. The van der Waals surface area contributed by atoms with Gasteiger partial charge < -0.3 is 20.3 Å². The van der Waals surface area contributed by atoms with Crippen LogP contribution in [0.5, 0.6) is 0 Å². The third kappa shape index (κ3) is 4.65. The molecule has 1 aromatic heterocycles. The number of urea groups is 1. The molecule has 4 rings (SSSR count). The van der Waals surface area contributed by atoms with E-state index in [9.17, 15) is 9.59 Å². The van der Waals surface area contributed by atoms with E-state index in [2.05, 4.69) is 25.4 Å². The van der Waals surface area contributed by atoms with Crippen molar-refractivity contribution in [2.45, 2.75) is 6.04 Å². The molecule has 2 aromatic rings. The fourth-order valence-electron chi connectivity index (χ4n) is 3.94. The quantitative estimate of drug-likeness (QED) is 0.692. The molecule has 1 atom stereocenters. The SMILES string of the molecule is COC(=O)C1=C(CN2CCN(c3ccccn3)CC2)NC(=O)NC1c1ccccc1Cl. The third-order valence-electron chi connectivity index (χ3n) is 5.50. The Bertz CT molecular complexity index is 990. The van der Waals surface area contributed by atoms with Gasteiger partial charge in [-0.1, -0.05) is 35.9 Å². The summed E-state index contributed by atoms with van der Waals surface area (Å²) in [5.41, 5.74) is 1.55. The fraction of sp³-hybridized carbons (Fsp3) is 0.318. The number of aromatic nitrogens is 1. The van der Waals surface area contributed by atoms with Crippen LogP contribution in [-0.2, 0) is 9.53 Å². The van der Waals surface area contributed by atoms with Crippen molar-refractivity contribution in [1.82, 2.24) is 20.5 Å². The van der Waals surface area contributed by atoms with Gasteiger partial charge in [-0.25, -0.2) is 14.6 Å². The number of pyridine rings is 1. The summed E-state index contributed by atoms with van der Waals surface area (Å²) in [7, 11) is 1.33. The molecule has 8 nitrogen and oxygen atoms in total. The van der Waals surface area contributed by atoms with Crippen LogP contribution in [0.4, 0.5) is 10.6 Å². The second-order valence-electron chi connectivity index (χ2n) is 7.39. The molecule has 2 aliphatic rings. The summed E-state index contributed by atoms with van der Waals surface area (Å²) in [5, 5.41) is 6.09. The number of carbonyl (C=O) groups is 2. The number of amides is 2. The monoisotopic (exact) mass is 441 g/mol. The van der Waals surface area contributed by atoms with E-state index in [0.29, 0.717) is 28.4 Å². The number of nitrogens with zero attached hydrogens (tertiary/aromatic N) is 3. The molecular formula is C22H24ClN5O3. The van der Waals surface area contributed by atoms with Crippen LogP contribution in [0.3, 0.4) is 0 Å². The number of rotatable bonds is 5. The average molecular weight is 442 g/mol. The van der Waals surface area contributed by atoms with Gasteiger partial charge in [-0.3, -0.25) is 4.90 Å². The van der Waals surface area contributed by atoms with Crippen LogP contribution in [0.2, 0.25) is 5.02 Å². The highest BCUT2D eigenvalue weighted by atomic mass is 35.5. The van der Waals surface area contributed by atoms with Gasteiger partial charge in [-0.15, -0.1) is 0 Å². The highest BCUT2D eigenvalue weighted by Crippen LogP contribution is 2.32. The second-order valence-corrected chi connectivity index (χ2v) is 7.80. The van der Waals surface area contributed by atoms with Crippen molar-refractivity contribution >= 4 is 29.4 Å². The molecule has 1 unspecified atom stereocenters. The summed E-state index contributed by atoms with van der Waals surface area (Å²) in [6, 6.07) is 12.0. The number of nitrogens with one attached hydrogen (secondary N) is 2. The van der Waals surface area contributed by atoms with E-state index < -0.39 is 12.0 Å². The van der Waals surface area contributed by atoms with Crippen LogP contribution in [-0.4, -0.2) is 61.7 Å². The average Bonchev–Trinajstić information content (AvgIpc) is 2.80. The van der Waals surface area contributed by atoms with Gasteiger partial charge in [-0.05, 0) is 23.8 Å². The standard InChI is InChI=1S/C22H24ClN5O3/c1-31-21(29)19-17(25-22(30)26-20(19)15-6-2-3-7-16(15)23)14-27-10-12-28(13-11-27)18-8-4-5-9-24-18/h2-9,20H,10-14H2,1H3,(H2,25,26,30). The molecule has 2 amide bonds. The lowest BCUT2D eigenvalue weighted by molar-refractivity contribution is -0.136. The topological polar surface area (TPSA) is 86.8 Å². The number of hydrogen-bond acceptors (Lipinski definition) is 6. The molecule has 0 spiro atoms. The van der Waals surface area contributed by atoms with E-state index in [0.717, 1.165) is 32.0 Å². The maximum absolute atomic E-state index is 12.7. The maximum Gasteiger partial charge on any atom is 0.338 e. The lowest BCUT2D eigenvalue weighted by Crippen LogP contribution is -2.52. The highest BCUT2D eigenvalue weighted by molar-refractivity contribution is 6.31. The van der Waals surface area contributed by atoms with Crippen molar-refractivity contribution in [3.63, 3.8) is 0 Å². The highest BCUT2D eigenvalue weighted by Gasteiger charge is 2.35. The summed E-state index contributed by atoms with van der Waals surface area (Å²) in [4.78, 5) is 34.0. The van der Waals surface area contributed by atoms with Crippen molar-refractivity contribution in [3.05, 3.63) is 70.5 Å². The Hall–Kier alpha value is -3.10. The maximum atomic E-state index is 12.7. The minimum Gasteiger partial charge on any atom is -0.466 e. The van der Waals surface area contributed by atoms with Crippen LogP contribution >= 0.6 is 11.6 Å². The van der Waals surface area contributed by atoms with E-state index >= 15 is 0 Å². The van der Waals surface area contributed by atoms with Gasteiger partial charge >= 0.3 is 12.0 Å². The van der Waals surface area contributed by atoms with Gasteiger partial charge in [0.1, 0.15) is 5.82 Å². The Morgan fingerprint density at radius 2 is 1.90 bits per heavy atom. The van der Waals surface area contributed by atoms with Gasteiger partial charge in [-0.2, -0.15) is 0 Å². The first-order valence-corrected chi connectivity index (χ1v) is 10.5. The summed E-state index contributed by atoms with van der Waals surface area (Å²) in [5.74, 6) is 0.449. The number of halogens is 1. The van der Waals surface area contributed by atoms with E-state index in [4.69, 9.17) is 16.3 Å². The van der Waals surface area contributed by atoms with Crippen LogP contribution in [0.1, 0.15) is 11.6 Å². The molecule has 9 heteroatoms. The lowest BCUT2D eigenvalue weighted by atomic mass is 9.95. The Morgan fingerprint density at radius 1 is 1.16 bits per heavy atom. The number of carbonyl (C=O) groups excluding carboxylic acids is 2. The molecule has 0 aliphatic carbocycles. The number of methoxy groups -OCH3 is 1. The normalized spacial score (nSPS) is 19.6. The Labute approximate surface area is 185 Å². The van der Waals surface area contributed by atoms with Gasteiger partial charge in [0, 0.05) is 49.6 Å². The molecule has 31 heavy (non-hydrogen) atoms. The zero-order valence-electron chi connectivity index (χ0n) is 17.2. The molecule has 0 saturated carbocycles. The first-order valence-electron chi connectivity index (χ1n) is 10.1. The zero-order chi connectivity index (χ0) is 21.8. The molecule has 0 bridgehead atoms. The van der Waals surface area contributed by atoms with Crippen LogP contribution < -0.4 is 15.5 Å².